The summed E-state index contributed by atoms with van der Waals surface area (Å²) in [6, 6.07) is 8.00. The van der Waals surface area contributed by atoms with E-state index in [2.05, 4.69) is 26.8 Å². The molecule has 0 saturated carbocycles. The molecule has 0 radical (unpaired) electrons. The largest absolute Gasteiger partial charge is 0.338 e. The summed E-state index contributed by atoms with van der Waals surface area (Å²) in [7, 11) is 2.12. The zero-order valence-corrected chi connectivity index (χ0v) is 14.1. The summed E-state index contributed by atoms with van der Waals surface area (Å²) in [6.07, 6.45) is 1.69. The SMILES string of the molecule is Cc1ccc(N2Cc3nc(N4CCN(C)CC4)ncc3C2=O)cc1. The number of hydrogen-bond donors (Lipinski definition) is 0. The first-order valence-corrected chi connectivity index (χ1v) is 8.30. The van der Waals surface area contributed by atoms with Crippen molar-refractivity contribution >= 4 is 17.5 Å². The van der Waals surface area contributed by atoms with Gasteiger partial charge in [-0.1, -0.05) is 17.7 Å². The summed E-state index contributed by atoms with van der Waals surface area (Å²) in [5.74, 6) is 0.721. The molecular formula is C18H21N5O. The molecule has 0 atom stereocenters. The van der Waals surface area contributed by atoms with Gasteiger partial charge in [-0.05, 0) is 26.1 Å². The molecule has 2 aliphatic heterocycles. The van der Waals surface area contributed by atoms with Gasteiger partial charge in [-0.3, -0.25) is 4.79 Å². The van der Waals surface area contributed by atoms with Gasteiger partial charge in [0.2, 0.25) is 5.95 Å². The molecule has 2 aliphatic rings. The Morgan fingerprint density at radius 3 is 2.46 bits per heavy atom. The number of nitrogens with zero attached hydrogens (tertiary/aromatic N) is 5. The standard InChI is InChI=1S/C18H21N5O/c1-13-3-5-14(6-4-13)23-12-16-15(17(23)24)11-19-18(20-16)22-9-7-21(2)8-10-22/h3-6,11H,7-10,12H2,1-2H3. The van der Waals surface area contributed by atoms with Crippen LogP contribution in [0.4, 0.5) is 11.6 Å². The molecular weight excluding hydrogens is 302 g/mol. The van der Waals surface area contributed by atoms with Crippen molar-refractivity contribution in [2.45, 2.75) is 13.5 Å². The smallest absolute Gasteiger partial charge is 0.262 e. The maximum Gasteiger partial charge on any atom is 0.262 e. The van der Waals surface area contributed by atoms with E-state index in [4.69, 9.17) is 0 Å². The van der Waals surface area contributed by atoms with Crippen molar-refractivity contribution in [1.29, 1.82) is 0 Å². The fourth-order valence-corrected chi connectivity index (χ4v) is 3.16. The minimum Gasteiger partial charge on any atom is -0.338 e. The average Bonchev–Trinajstić information content (AvgIpc) is 2.92. The molecule has 4 rings (SSSR count). The van der Waals surface area contributed by atoms with E-state index in [1.807, 2.05) is 31.2 Å². The van der Waals surface area contributed by atoms with Gasteiger partial charge in [0.05, 0.1) is 17.8 Å². The van der Waals surface area contributed by atoms with Crippen LogP contribution in [0, 0.1) is 6.92 Å². The number of amides is 1. The number of aryl methyl sites for hydroxylation is 1. The van der Waals surface area contributed by atoms with Crippen LogP contribution >= 0.6 is 0 Å². The maximum absolute atomic E-state index is 12.6. The van der Waals surface area contributed by atoms with Gasteiger partial charge < -0.3 is 14.7 Å². The second kappa shape index (κ2) is 5.87. The van der Waals surface area contributed by atoms with Gasteiger partial charge in [-0.25, -0.2) is 9.97 Å². The highest BCUT2D eigenvalue weighted by atomic mass is 16.2. The van der Waals surface area contributed by atoms with Crippen molar-refractivity contribution in [1.82, 2.24) is 14.9 Å². The van der Waals surface area contributed by atoms with Crippen LogP contribution in [0.25, 0.3) is 0 Å². The van der Waals surface area contributed by atoms with E-state index in [0.29, 0.717) is 12.1 Å². The number of carbonyl (C=O) groups excluding carboxylic acids is 1. The molecule has 0 N–H and O–H groups in total. The van der Waals surface area contributed by atoms with Crippen LogP contribution in [0.2, 0.25) is 0 Å². The molecule has 1 saturated heterocycles. The summed E-state index contributed by atoms with van der Waals surface area (Å²) in [6.45, 7) is 6.41. The zero-order chi connectivity index (χ0) is 16.7. The fourth-order valence-electron chi connectivity index (χ4n) is 3.16. The number of anilines is 2. The molecule has 1 aromatic heterocycles. The predicted molar refractivity (Wildman–Crippen MR) is 93.4 cm³/mol. The van der Waals surface area contributed by atoms with Crippen LogP contribution in [0.15, 0.2) is 30.5 Å². The maximum atomic E-state index is 12.6. The number of carbonyl (C=O) groups is 1. The molecule has 24 heavy (non-hydrogen) atoms. The number of hydrogen-bond acceptors (Lipinski definition) is 5. The molecule has 3 heterocycles. The van der Waals surface area contributed by atoms with Gasteiger partial charge in [-0.15, -0.1) is 0 Å². The minimum absolute atomic E-state index is 0.0150. The molecule has 0 spiro atoms. The van der Waals surface area contributed by atoms with Crippen LogP contribution in [0.3, 0.4) is 0 Å². The van der Waals surface area contributed by atoms with E-state index in [9.17, 15) is 4.79 Å². The Morgan fingerprint density at radius 2 is 1.75 bits per heavy atom. The summed E-state index contributed by atoms with van der Waals surface area (Å²) in [4.78, 5) is 28.0. The topological polar surface area (TPSA) is 52.6 Å². The van der Waals surface area contributed by atoms with Crippen molar-refractivity contribution in [3.8, 4) is 0 Å². The number of piperazine rings is 1. The van der Waals surface area contributed by atoms with E-state index in [-0.39, 0.29) is 5.91 Å². The lowest BCUT2D eigenvalue weighted by atomic mass is 10.2. The summed E-state index contributed by atoms with van der Waals surface area (Å²) >= 11 is 0. The lowest BCUT2D eigenvalue weighted by molar-refractivity contribution is 0.0996. The molecule has 1 amide bonds. The second-order valence-corrected chi connectivity index (χ2v) is 6.55. The Kier molecular flexibility index (Phi) is 3.69. The van der Waals surface area contributed by atoms with Crippen LogP contribution in [-0.2, 0) is 6.54 Å². The third kappa shape index (κ3) is 2.63. The Hall–Kier alpha value is -2.47. The van der Waals surface area contributed by atoms with Crippen LogP contribution in [0.1, 0.15) is 21.6 Å². The second-order valence-electron chi connectivity index (χ2n) is 6.55. The fraction of sp³-hybridized carbons (Fsp3) is 0.389. The van der Waals surface area contributed by atoms with E-state index in [0.717, 1.165) is 43.5 Å². The molecule has 6 nitrogen and oxygen atoms in total. The summed E-state index contributed by atoms with van der Waals surface area (Å²) in [5, 5.41) is 0. The Bertz CT molecular complexity index is 765. The van der Waals surface area contributed by atoms with Gasteiger partial charge >= 0.3 is 0 Å². The monoisotopic (exact) mass is 323 g/mol. The van der Waals surface area contributed by atoms with Gasteiger partial charge in [0.25, 0.3) is 5.91 Å². The number of fused-ring (bicyclic) bond motifs is 1. The van der Waals surface area contributed by atoms with Crippen molar-refractivity contribution in [3.63, 3.8) is 0 Å². The lowest BCUT2D eigenvalue weighted by Gasteiger charge is -2.32. The molecule has 1 aromatic carbocycles. The third-order valence-corrected chi connectivity index (χ3v) is 4.77. The molecule has 124 valence electrons. The van der Waals surface area contributed by atoms with Gasteiger partial charge in [0, 0.05) is 38.1 Å². The number of benzene rings is 1. The van der Waals surface area contributed by atoms with Crippen molar-refractivity contribution in [2.24, 2.45) is 0 Å². The van der Waals surface area contributed by atoms with E-state index in [1.54, 1.807) is 11.1 Å². The first-order valence-electron chi connectivity index (χ1n) is 8.30. The highest BCUT2D eigenvalue weighted by Crippen LogP contribution is 2.28. The van der Waals surface area contributed by atoms with Crippen LogP contribution in [-0.4, -0.2) is 54.0 Å². The minimum atomic E-state index is -0.0150. The Balaban J connectivity index is 1.58. The van der Waals surface area contributed by atoms with Crippen LogP contribution in [0.5, 0.6) is 0 Å². The molecule has 0 bridgehead atoms. The van der Waals surface area contributed by atoms with Crippen LogP contribution < -0.4 is 9.80 Å². The van der Waals surface area contributed by atoms with E-state index >= 15 is 0 Å². The first kappa shape index (κ1) is 15.1. The van der Waals surface area contributed by atoms with Gasteiger partial charge in [0.15, 0.2) is 0 Å². The first-order chi connectivity index (χ1) is 11.6. The van der Waals surface area contributed by atoms with Crippen molar-refractivity contribution < 1.29 is 4.79 Å². The number of rotatable bonds is 2. The number of aromatic nitrogens is 2. The quantitative estimate of drug-likeness (QED) is 0.842. The van der Waals surface area contributed by atoms with E-state index < -0.39 is 0 Å². The normalized spacial score (nSPS) is 18.2. The summed E-state index contributed by atoms with van der Waals surface area (Å²) in [5.41, 5.74) is 3.53. The average molecular weight is 323 g/mol. The summed E-state index contributed by atoms with van der Waals surface area (Å²) < 4.78 is 0. The van der Waals surface area contributed by atoms with Gasteiger partial charge in [-0.2, -0.15) is 0 Å². The van der Waals surface area contributed by atoms with Gasteiger partial charge in [0.1, 0.15) is 0 Å². The Labute approximate surface area is 141 Å². The highest BCUT2D eigenvalue weighted by molar-refractivity contribution is 6.09. The van der Waals surface area contributed by atoms with E-state index in [1.165, 1.54) is 5.56 Å². The molecule has 2 aromatic rings. The molecule has 6 heteroatoms. The molecule has 1 fully saturated rings. The highest BCUT2D eigenvalue weighted by Gasteiger charge is 2.31. The molecule has 0 aliphatic carbocycles. The Morgan fingerprint density at radius 1 is 1.04 bits per heavy atom. The molecule has 0 unspecified atom stereocenters. The van der Waals surface area contributed by atoms with Crippen molar-refractivity contribution in [3.05, 3.63) is 47.3 Å². The third-order valence-electron chi connectivity index (χ3n) is 4.77. The number of likely N-dealkylation sites (N-methyl/N-ethyl adjacent to an activating group) is 1. The van der Waals surface area contributed by atoms with Crippen molar-refractivity contribution in [2.75, 3.05) is 43.0 Å². The zero-order valence-electron chi connectivity index (χ0n) is 14.1. The predicted octanol–water partition coefficient (Wildman–Crippen LogP) is 1.70. The lowest BCUT2D eigenvalue weighted by Crippen LogP contribution is -2.45.